The predicted octanol–water partition coefficient (Wildman–Crippen LogP) is 5.00. The number of aromatic hydroxyl groups is 1. The van der Waals surface area contributed by atoms with Gasteiger partial charge in [-0.05, 0) is 24.6 Å². The van der Waals surface area contributed by atoms with E-state index in [0.29, 0.717) is 22.3 Å². The van der Waals surface area contributed by atoms with Gasteiger partial charge in [-0.3, -0.25) is 14.9 Å². The number of hydrogen-bond acceptors (Lipinski definition) is 5. The van der Waals surface area contributed by atoms with Crippen molar-refractivity contribution in [2.45, 2.75) is 19.8 Å². The Bertz CT molecular complexity index is 806. The molecule has 1 aromatic carbocycles. The van der Waals surface area contributed by atoms with Crippen molar-refractivity contribution in [2.24, 2.45) is 0 Å². The summed E-state index contributed by atoms with van der Waals surface area (Å²) in [6.45, 7) is 1.16. The minimum Gasteiger partial charge on any atom is -0.502 e. The zero-order valence-corrected chi connectivity index (χ0v) is 16.2. The van der Waals surface area contributed by atoms with Crippen LogP contribution in [-0.4, -0.2) is 22.3 Å². The summed E-state index contributed by atoms with van der Waals surface area (Å²) in [5.41, 5.74) is 0.331. The molecular weight excluding hydrogens is 437 g/mol. The van der Waals surface area contributed by atoms with Crippen molar-refractivity contribution in [1.29, 1.82) is 0 Å². The van der Waals surface area contributed by atoms with E-state index in [9.17, 15) is 14.7 Å². The Kier molecular flexibility index (Phi) is 6.75. The molecule has 6 nitrogen and oxygen atoms in total. The first kappa shape index (κ1) is 19.6. The molecule has 1 amide bonds. The number of carbonyl (C=O) groups is 2. The van der Waals surface area contributed by atoms with Crippen LogP contribution in [0.5, 0.6) is 11.5 Å². The number of hydrogen-bond donors (Lipinski definition) is 2. The molecule has 25 heavy (non-hydrogen) atoms. The SMILES string of the molecule is CC(=O)Oc1c(NC(=O)CCCBr)oc(-c2ccc(Cl)cc2Cl)c1O. The molecule has 0 aliphatic carbocycles. The lowest BCUT2D eigenvalue weighted by molar-refractivity contribution is -0.132. The Hall–Kier alpha value is -1.70. The van der Waals surface area contributed by atoms with Crippen molar-refractivity contribution in [3.63, 3.8) is 0 Å². The van der Waals surface area contributed by atoms with Crippen LogP contribution in [0.2, 0.25) is 10.0 Å². The maximum Gasteiger partial charge on any atom is 0.308 e. The molecule has 2 N–H and O–H groups in total. The first-order chi connectivity index (χ1) is 11.8. The summed E-state index contributed by atoms with van der Waals surface area (Å²) in [7, 11) is 0. The van der Waals surface area contributed by atoms with Crippen LogP contribution in [0.1, 0.15) is 19.8 Å². The van der Waals surface area contributed by atoms with E-state index < -0.39 is 11.7 Å². The van der Waals surface area contributed by atoms with Gasteiger partial charge in [-0.15, -0.1) is 0 Å². The Morgan fingerprint density at radius 1 is 1.36 bits per heavy atom. The molecule has 0 aliphatic heterocycles. The summed E-state index contributed by atoms with van der Waals surface area (Å²) in [5, 5.41) is 14.1. The van der Waals surface area contributed by atoms with Gasteiger partial charge in [0.25, 0.3) is 0 Å². The highest BCUT2D eigenvalue weighted by Crippen LogP contribution is 2.48. The number of rotatable bonds is 6. The van der Waals surface area contributed by atoms with Crippen LogP contribution in [0.25, 0.3) is 11.3 Å². The summed E-state index contributed by atoms with van der Waals surface area (Å²) < 4.78 is 10.5. The molecule has 1 aromatic heterocycles. The second-order valence-electron chi connectivity index (χ2n) is 5.00. The zero-order valence-electron chi connectivity index (χ0n) is 13.1. The van der Waals surface area contributed by atoms with Gasteiger partial charge in [0, 0.05) is 29.3 Å². The van der Waals surface area contributed by atoms with Crippen molar-refractivity contribution in [3.8, 4) is 22.8 Å². The molecule has 0 unspecified atom stereocenters. The highest BCUT2D eigenvalue weighted by Gasteiger charge is 2.26. The molecular formula is C16H14BrCl2NO5. The number of anilines is 1. The minimum atomic E-state index is -0.680. The van der Waals surface area contributed by atoms with E-state index in [2.05, 4.69) is 21.2 Å². The van der Waals surface area contributed by atoms with Crippen LogP contribution < -0.4 is 10.1 Å². The molecule has 0 aliphatic rings. The molecule has 9 heteroatoms. The Labute approximate surface area is 162 Å². The molecule has 0 spiro atoms. The zero-order chi connectivity index (χ0) is 18.6. The first-order valence-electron chi connectivity index (χ1n) is 7.19. The van der Waals surface area contributed by atoms with Crippen LogP contribution >= 0.6 is 39.1 Å². The van der Waals surface area contributed by atoms with Gasteiger partial charge in [0.2, 0.25) is 23.3 Å². The fraction of sp³-hybridized carbons (Fsp3) is 0.250. The Balaban J connectivity index is 2.44. The van der Waals surface area contributed by atoms with Crippen molar-refractivity contribution in [2.75, 3.05) is 10.6 Å². The van der Waals surface area contributed by atoms with Crippen molar-refractivity contribution in [3.05, 3.63) is 28.2 Å². The number of amides is 1. The van der Waals surface area contributed by atoms with Gasteiger partial charge >= 0.3 is 5.97 Å². The standard InChI is InChI=1S/C16H14BrCl2NO5/c1-8(21)24-15-13(23)14(10-5-4-9(18)7-11(10)19)25-16(15)20-12(22)3-2-6-17/h4-5,7,23H,2-3,6H2,1H3,(H,20,22). The highest BCUT2D eigenvalue weighted by molar-refractivity contribution is 9.09. The minimum absolute atomic E-state index is 0.0475. The first-order valence-corrected chi connectivity index (χ1v) is 9.06. The molecule has 0 radical (unpaired) electrons. The smallest absolute Gasteiger partial charge is 0.308 e. The molecule has 0 bridgehead atoms. The number of esters is 1. The molecule has 2 rings (SSSR count). The van der Waals surface area contributed by atoms with Crippen molar-refractivity contribution < 1.29 is 23.8 Å². The quantitative estimate of drug-likeness (QED) is 0.477. The van der Waals surface area contributed by atoms with E-state index in [0.717, 1.165) is 6.92 Å². The van der Waals surface area contributed by atoms with Gasteiger partial charge in [0.05, 0.1) is 5.02 Å². The average molecular weight is 451 g/mol. The molecule has 0 saturated carbocycles. The maximum absolute atomic E-state index is 11.9. The van der Waals surface area contributed by atoms with E-state index in [1.165, 1.54) is 12.1 Å². The maximum atomic E-state index is 11.9. The van der Waals surface area contributed by atoms with Gasteiger partial charge in [-0.2, -0.15) is 0 Å². The van der Waals surface area contributed by atoms with Gasteiger partial charge in [-0.1, -0.05) is 39.1 Å². The molecule has 0 atom stereocenters. The monoisotopic (exact) mass is 449 g/mol. The van der Waals surface area contributed by atoms with Crippen molar-refractivity contribution in [1.82, 2.24) is 0 Å². The summed E-state index contributed by atoms with van der Waals surface area (Å²) >= 11 is 15.2. The van der Waals surface area contributed by atoms with Crippen LogP contribution in [0.15, 0.2) is 22.6 Å². The fourth-order valence-electron chi connectivity index (χ4n) is 2.00. The highest BCUT2D eigenvalue weighted by atomic mass is 79.9. The van der Waals surface area contributed by atoms with Crippen LogP contribution in [0, 0.1) is 0 Å². The number of nitrogens with one attached hydrogen (secondary N) is 1. The molecule has 134 valence electrons. The van der Waals surface area contributed by atoms with Crippen molar-refractivity contribution >= 4 is 56.9 Å². The second-order valence-corrected chi connectivity index (χ2v) is 6.63. The average Bonchev–Trinajstić information content (AvgIpc) is 2.81. The summed E-state index contributed by atoms with van der Waals surface area (Å²) in [6.07, 6.45) is 0.834. The largest absolute Gasteiger partial charge is 0.502 e. The van der Waals surface area contributed by atoms with Crippen LogP contribution in [0.3, 0.4) is 0 Å². The van der Waals surface area contributed by atoms with E-state index in [1.54, 1.807) is 6.07 Å². The van der Waals surface area contributed by atoms with Crippen LogP contribution in [-0.2, 0) is 9.59 Å². The number of alkyl halides is 1. The third-order valence-corrected chi connectivity index (χ3v) is 4.16. The summed E-state index contributed by atoms with van der Waals surface area (Å²) in [4.78, 5) is 23.2. The number of furan rings is 1. The number of benzene rings is 1. The Morgan fingerprint density at radius 3 is 2.68 bits per heavy atom. The number of carbonyl (C=O) groups excluding carboxylic acids is 2. The summed E-state index contributed by atoms with van der Waals surface area (Å²) in [5.74, 6) is -1.98. The third kappa shape index (κ3) is 4.90. The molecule has 2 aromatic rings. The lowest BCUT2D eigenvalue weighted by Crippen LogP contribution is -2.12. The van der Waals surface area contributed by atoms with E-state index >= 15 is 0 Å². The van der Waals surface area contributed by atoms with Gasteiger partial charge < -0.3 is 14.3 Å². The topological polar surface area (TPSA) is 88.8 Å². The lowest BCUT2D eigenvalue weighted by atomic mass is 10.1. The molecule has 0 fully saturated rings. The van der Waals surface area contributed by atoms with Crippen LogP contribution in [0.4, 0.5) is 5.88 Å². The van der Waals surface area contributed by atoms with Gasteiger partial charge in [-0.25, -0.2) is 0 Å². The second kappa shape index (κ2) is 8.60. The summed E-state index contributed by atoms with van der Waals surface area (Å²) in [6, 6.07) is 4.57. The van der Waals surface area contributed by atoms with E-state index in [1.807, 2.05) is 0 Å². The van der Waals surface area contributed by atoms with Gasteiger partial charge in [0.15, 0.2) is 5.76 Å². The number of ether oxygens (including phenoxy) is 1. The van der Waals surface area contributed by atoms with E-state index in [-0.39, 0.29) is 34.7 Å². The fourth-order valence-corrected chi connectivity index (χ4v) is 2.78. The Morgan fingerprint density at radius 2 is 2.08 bits per heavy atom. The normalized spacial score (nSPS) is 10.6. The third-order valence-electron chi connectivity index (χ3n) is 3.05. The van der Waals surface area contributed by atoms with E-state index in [4.69, 9.17) is 32.4 Å². The predicted molar refractivity (Wildman–Crippen MR) is 98.8 cm³/mol. The van der Waals surface area contributed by atoms with Gasteiger partial charge in [0.1, 0.15) is 0 Å². The molecule has 0 saturated heterocycles. The molecule has 1 heterocycles. The number of halogens is 3. The lowest BCUT2D eigenvalue weighted by Gasteiger charge is -2.04.